The molecular formula is C32H37F7N6O3. The maximum atomic E-state index is 15.4. The molecule has 1 aliphatic carbocycles. The van der Waals surface area contributed by atoms with Crippen LogP contribution in [0.25, 0.3) is 0 Å². The van der Waals surface area contributed by atoms with Crippen molar-refractivity contribution in [1.29, 1.82) is 0 Å². The summed E-state index contributed by atoms with van der Waals surface area (Å²) in [6.07, 6.45) is -3.64. The second-order valence-electron chi connectivity index (χ2n) is 12.9. The number of aromatic nitrogens is 1. The zero-order valence-corrected chi connectivity index (χ0v) is 26.2. The van der Waals surface area contributed by atoms with E-state index in [9.17, 15) is 31.5 Å². The fourth-order valence-electron chi connectivity index (χ4n) is 7.65. The molecule has 2 N–H and O–H groups in total. The van der Waals surface area contributed by atoms with Crippen molar-refractivity contribution in [3.05, 3.63) is 47.2 Å². The Bertz CT molecular complexity index is 1500. The highest BCUT2D eigenvalue weighted by molar-refractivity contribution is 6.03. The predicted octanol–water partition coefficient (Wildman–Crippen LogP) is 5.29. The van der Waals surface area contributed by atoms with E-state index in [-0.39, 0.29) is 43.2 Å². The van der Waals surface area contributed by atoms with Gasteiger partial charge in [-0.2, -0.15) is 13.2 Å². The van der Waals surface area contributed by atoms with E-state index >= 15 is 8.78 Å². The average Bonchev–Trinajstić information content (AvgIpc) is 3.64. The van der Waals surface area contributed by atoms with Crippen molar-refractivity contribution in [3.63, 3.8) is 0 Å². The molecule has 4 heterocycles. The number of nitrogens with one attached hydrogen (secondary N) is 2. The van der Waals surface area contributed by atoms with Gasteiger partial charge in [0.1, 0.15) is 34.8 Å². The number of anilines is 2. The Balaban J connectivity index is 1.33. The lowest BCUT2D eigenvalue weighted by atomic mass is 9.86. The molecule has 0 bridgehead atoms. The lowest BCUT2D eigenvalue weighted by Crippen LogP contribution is -2.51. The van der Waals surface area contributed by atoms with Crippen molar-refractivity contribution < 1.29 is 45.1 Å². The van der Waals surface area contributed by atoms with Crippen LogP contribution in [0.1, 0.15) is 55.6 Å². The maximum absolute atomic E-state index is 15.4. The number of piperazine rings is 1. The Kier molecular flexibility index (Phi) is 9.64. The molecule has 3 atom stereocenters. The van der Waals surface area contributed by atoms with E-state index in [0.29, 0.717) is 19.6 Å². The van der Waals surface area contributed by atoms with E-state index < -0.39 is 83.6 Å². The standard InChI is InChI=1S/C32H37F7N6O3/c1-48-20-13-22(33)25(23(34)14-20)21-16-45(30(46)27(21)42-31(47)41-18-6-4-17(5-7-18)28(35)36)29-26(32(37,38)39)24(8-9-40-29)44-12-11-43-10-2-3-19(43)15-44/h8-9,13-14,17-19,21,27-28H,2-7,10-12,15-16H2,1H3,(H2,41,42,47)/t17-,18-,19?,21-,27-/m0/s1. The van der Waals surface area contributed by atoms with Gasteiger partial charge in [-0.15, -0.1) is 0 Å². The van der Waals surface area contributed by atoms with Gasteiger partial charge >= 0.3 is 12.2 Å². The van der Waals surface area contributed by atoms with Crippen LogP contribution in [-0.2, 0) is 11.0 Å². The van der Waals surface area contributed by atoms with Gasteiger partial charge < -0.3 is 20.3 Å². The topological polar surface area (TPSA) is 90.0 Å². The molecule has 1 aromatic heterocycles. The van der Waals surface area contributed by atoms with E-state index in [1.165, 1.54) is 19.4 Å². The van der Waals surface area contributed by atoms with E-state index in [0.717, 1.165) is 36.4 Å². The molecule has 1 saturated carbocycles. The first kappa shape index (κ1) is 34.1. The van der Waals surface area contributed by atoms with Gasteiger partial charge in [0.05, 0.1) is 12.8 Å². The normalized spacial score (nSPS) is 26.6. The minimum absolute atomic E-state index is 0.0905. The number of alkyl halides is 5. The van der Waals surface area contributed by atoms with Crippen LogP contribution < -0.4 is 25.2 Å². The average molecular weight is 687 g/mol. The molecule has 48 heavy (non-hydrogen) atoms. The number of ether oxygens (including phenoxy) is 1. The van der Waals surface area contributed by atoms with Crippen LogP contribution in [0, 0.1) is 17.6 Å². The quantitative estimate of drug-likeness (QED) is 0.385. The van der Waals surface area contributed by atoms with Crippen molar-refractivity contribution in [3.8, 4) is 5.75 Å². The third-order valence-electron chi connectivity index (χ3n) is 10.1. The predicted molar refractivity (Wildman–Crippen MR) is 161 cm³/mol. The molecule has 3 saturated heterocycles. The molecule has 3 aliphatic heterocycles. The Morgan fingerprint density at radius 1 is 1.00 bits per heavy atom. The highest BCUT2D eigenvalue weighted by Gasteiger charge is 2.50. The van der Waals surface area contributed by atoms with Gasteiger partial charge in [0.25, 0.3) is 5.91 Å². The molecule has 0 radical (unpaired) electrons. The van der Waals surface area contributed by atoms with Crippen molar-refractivity contribution in [2.24, 2.45) is 5.92 Å². The van der Waals surface area contributed by atoms with Gasteiger partial charge in [-0.25, -0.2) is 27.3 Å². The second-order valence-corrected chi connectivity index (χ2v) is 12.9. The number of fused-ring (bicyclic) bond motifs is 1. The number of nitrogens with zero attached hydrogens (tertiary/aromatic N) is 4. The number of hydrogen-bond donors (Lipinski definition) is 2. The minimum atomic E-state index is -4.96. The number of carbonyl (C=O) groups excluding carboxylic acids is 2. The van der Waals surface area contributed by atoms with Gasteiger partial charge in [0.15, 0.2) is 0 Å². The highest BCUT2D eigenvalue weighted by atomic mass is 19.4. The SMILES string of the molecule is COc1cc(F)c([C@@H]2CN(c3nccc(N4CCN5CCCC5C4)c3C(F)(F)F)C(=O)[C@H]2NC(=O)N[C@H]2CC[C@H](C(F)F)CC2)c(F)c1. The minimum Gasteiger partial charge on any atom is -0.497 e. The second kappa shape index (κ2) is 13.6. The third kappa shape index (κ3) is 6.72. The summed E-state index contributed by atoms with van der Waals surface area (Å²) in [6.45, 7) is 1.51. The van der Waals surface area contributed by atoms with Crippen molar-refractivity contribution in [2.45, 2.75) is 75.2 Å². The number of rotatable bonds is 7. The van der Waals surface area contributed by atoms with Crippen LogP contribution in [0.3, 0.4) is 0 Å². The van der Waals surface area contributed by atoms with Crippen LogP contribution in [-0.4, -0.2) is 86.2 Å². The smallest absolute Gasteiger partial charge is 0.421 e. The molecule has 2 aromatic rings. The molecule has 6 rings (SSSR count). The van der Waals surface area contributed by atoms with Gasteiger partial charge in [-0.1, -0.05) is 0 Å². The maximum Gasteiger partial charge on any atom is 0.421 e. The number of benzene rings is 1. The Morgan fingerprint density at radius 3 is 2.35 bits per heavy atom. The molecule has 9 nitrogen and oxygen atoms in total. The molecule has 0 spiro atoms. The molecule has 16 heteroatoms. The lowest BCUT2D eigenvalue weighted by molar-refractivity contribution is -0.137. The van der Waals surface area contributed by atoms with Crippen LogP contribution in [0.5, 0.6) is 5.75 Å². The summed E-state index contributed by atoms with van der Waals surface area (Å²) < 4.78 is 107. The molecular weight excluding hydrogens is 649 g/mol. The number of pyridine rings is 1. The Labute approximate surface area is 272 Å². The van der Waals surface area contributed by atoms with Crippen molar-refractivity contribution in [2.75, 3.05) is 49.6 Å². The van der Waals surface area contributed by atoms with E-state index in [1.807, 2.05) is 0 Å². The summed E-state index contributed by atoms with van der Waals surface area (Å²) in [5, 5.41) is 5.05. The van der Waals surface area contributed by atoms with Crippen LogP contribution in [0.15, 0.2) is 24.4 Å². The number of amides is 3. The van der Waals surface area contributed by atoms with Gasteiger partial charge in [-0.05, 0) is 51.1 Å². The molecule has 3 amide bonds. The fourth-order valence-corrected chi connectivity index (χ4v) is 7.65. The zero-order valence-electron chi connectivity index (χ0n) is 26.2. The fraction of sp³-hybridized carbons (Fsp3) is 0.594. The first-order valence-electron chi connectivity index (χ1n) is 16.1. The Morgan fingerprint density at radius 2 is 1.71 bits per heavy atom. The summed E-state index contributed by atoms with van der Waals surface area (Å²) in [7, 11) is 1.20. The summed E-state index contributed by atoms with van der Waals surface area (Å²) >= 11 is 0. The summed E-state index contributed by atoms with van der Waals surface area (Å²) in [5.41, 5.74) is -1.92. The highest BCUT2D eigenvalue weighted by Crippen LogP contribution is 2.45. The number of methoxy groups -OCH3 is 1. The van der Waals surface area contributed by atoms with E-state index in [1.54, 1.807) is 4.90 Å². The molecule has 1 aromatic carbocycles. The molecule has 4 aliphatic rings. The molecule has 4 fully saturated rings. The third-order valence-corrected chi connectivity index (χ3v) is 10.1. The van der Waals surface area contributed by atoms with E-state index in [4.69, 9.17) is 4.74 Å². The number of urea groups is 1. The van der Waals surface area contributed by atoms with Crippen molar-refractivity contribution in [1.82, 2.24) is 20.5 Å². The first-order chi connectivity index (χ1) is 22.8. The van der Waals surface area contributed by atoms with Gasteiger partial charge in [-0.3, -0.25) is 14.6 Å². The van der Waals surface area contributed by atoms with Gasteiger partial charge in [0.2, 0.25) is 6.43 Å². The summed E-state index contributed by atoms with van der Waals surface area (Å²) in [6, 6.07) is 0.00278. The number of hydrogen-bond acceptors (Lipinski definition) is 6. The molecule has 1 unspecified atom stereocenters. The number of carbonyl (C=O) groups is 2. The lowest BCUT2D eigenvalue weighted by Gasteiger charge is -2.40. The van der Waals surface area contributed by atoms with E-state index in [2.05, 4.69) is 20.5 Å². The monoisotopic (exact) mass is 686 g/mol. The summed E-state index contributed by atoms with van der Waals surface area (Å²) in [4.78, 5) is 35.7. The summed E-state index contributed by atoms with van der Waals surface area (Å²) in [5.74, 6) is -6.41. The van der Waals surface area contributed by atoms with Gasteiger partial charge in [0, 0.05) is 74.0 Å². The number of halogens is 7. The largest absolute Gasteiger partial charge is 0.497 e. The Hall–Kier alpha value is -3.82. The van der Waals surface area contributed by atoms with Crippen LogP contribution in [0.2, 0.25) is 0 Å². The van der Waals surface area contributed by atoms with Crippen molar-refractivity contribution >= 4 is 23.4 Å². The first-order valence-corrected chi connectivity index (χ1v) is 16.1. The van der Waals surface area contributed by atoms with Crippen LogP contribution in [0.4, 0.5) is 47.0 Å². The molecule has 262 valence electrons. The zero-order chi connectivity index (χ0) is 34.3. The van der Waals surface area contributed by atoms with Crippen LogP contribution >= 0.6 is 0 Å².